The number of rotatable bonds is 5. The molecule has 2 aromatic carbocycles. The van der Waals surface area contributed by atoms with Crippen molar-refractivity contribution >= 4 is 34.2 Å². The quantitative estimate of drug-likeness (QED) is 0.475. The molecule has 0 fully saturated rings. The van der Waals surface area contributed by atoms with Gasteiger partial charge in [-0.2, -0.15) is 0 Å². The molecule has 1 amide bonds. The van der Waals surface area contributed by atoms with Crippen LogP contribution in [-0.4, -0.2) is 29.0 Å². The topological polar surface area (TPSA) is 107 Å². The number of carbonyl (C=O) groups is 2. The van der Waals surface area contributed by atoms with E-state index in [1.165, 1.54) is 13.3 Å². The molecule has 0 bridgehead atoms. The van der Waals surface area contributed by atoms with Crippen molar-refractivity contribution in [2.45, 2.75) is 6.92 Å². The number of fused-ring (bicyclic) bond motifs is 1. The molecule has 0 aliphatic carbocycles. The molecule has 0 saturated carbocycles. The van der Waals surface area contributed by atoms with Crippen molar-refractivity contribution in [1.82, 2.24) is 9.97 Å². The molecule has 0 aliphatic heterocycles. The Morgan fingerprint density at radius 3 is 2.58 bits per heavy atom. The number of nitrogens with two attached hydrogens (primary N) is 1. The number of esters is 1. The number of anilines is 2. The summed E-state index contributed by atoms with van der Waals surface area (Å²) in [6.07, 6.45) is 4.81. The van der Waals surface area contributed by atoms with Gasteiger partial charge in [0, 0.05) is 17.8 Å². The van der Waals surface area contributed by atoms with Crippen LogP contribution in [0.25, 0.3) is 22.0 Å². The lowest BCUT2D eigenvalue weighted by atomic mass is 9.97. The van der Waals surface area contributed by atoms with Crippen LogP contribution in [-0.2, 0) is 4.74 Å². The van der Waals surface area contributed by atoms with Gasteiger partial charge in [0.1, 0.15) is 0 Å². The van der Waals surface area contributed by atoms with Gasteiger partial charge in [-0.25, -0.2) is 4.79 Å². The second-order valence-electron chi connectivity index (χ2n) is 7.04. The summed E-state index contributed by atoms with van der Waals surface area (Å²) in [4.78, 5) is 32.7. The predicted molar refractivity (Wildman–Crippen MR) is 119 cm³/mol. The smallest absolute Gasteiger partial charge is 0.337 e. The molecule has 4 rings (SSSR count). The van der Waals surface area contributed by atoms with Crippen LogP contribution in [0.2, 0.25) is 0 Å². The number of hydrogen-bond donors (Lipinski definition) is 2. The monoisotopic (exact) mass is 412 g/mol. The van der Waals surface area contributed by atoms with Crippen molar-refractivity contribution in [3.8, 4) is 11.1 Å². The largest absolute Gasteiger partial charge is 0.465 e. The Morgan fingerprint density at radius 2 is 1.87 bits per heavy atom. The van der Waals surface area contributed by atoms with Gasteiger partial charge in [-0.15, -0.1) is 0 Å². The second kappa shape index (κ2) is 8.23. The summed E-state index contributed by atoms with van der Waals surface area (Å²) >= 11 is 0. The molecule has 0 saturated heterocycles. The number of benzene rings is 2. The van der Waals surface area contributed by atoms with Gasteiger partial charge in [0.05, 0.1) is 41.3 Å². The number of amides is 1. The third kappa shape index (κ3) is 3.93. The molecule has 0 atom stereocenters. The average Bonchev–Trinajstić information content (AvgIpc) is 2.79. The minimum atomic E-state index is -0.587. The molecule has 154 valence electrons. The molecule has 2 aromatic heterocycles. The number of ether oxygens (including phenoxy) is 1. The van der Waals surface area contributed by atoms with E-state index < -0.39 is 11.9 Å². The van der Waals surface area contributed by atoms with Crippen molar-refractivity contribution in [1.29, 1.82) is 0 Å². The number of nitrogens with zero attached hydrogens (tertiary/aromatic N) is 2. The van der Waals surface area contributed by atoms with E-state index in [9.17, 15) is 9.59 Å². The maximum atomic E-state index is 12.1. The highest BCUT2D eigenvalue weighted by molar-refractivity contribution is 6.09. The van der Waals surface area contributed by atoms with Crippen molar-refractivity contribution in [3.63, 3.8) is 0 Å². The lowest BCUT2D eigenvalue weighted by Crippen LogP contribution is -2.14. The molecule has 0 unspecified atom stereocenters. The fraction of sp³-hybridized carbons (Fsp3) is 0.0833. The number of aryl methyl sites for hydroxylation is 1. The summed E-state index contributed by atoms with van der Waals surface area (Å²) in [5.74, 6) is -0.993. The van der Waals surface area contributed by atoms with Gasteiger partial charge >= 0.3 is 5.97 Å². The van der Waals surface area contributed by atoms with Gasteiger partial charge in [0.15, 0.2) is 0 Å². The van der Waals surface area contributed by atoms with Crippen LogP contribution < -0.4 is 11.1 Å². The first-order chi connectivity index (χ1) is 15.0. The van der Waals surface area contributed by atoms with Crippen LogP contribution >= 0.6 is 0 Å². The highest BCUT2D eigenvalue weighted by Crippen LogP contribution is 2.34. The molecular weight excluding hydrogens is 392 g/mol. The molecule has 3 N–H and O–H groups in total. The van der Waals surface area contributed by atoms with Crippen molar-refractivity contribution < 1.29 is 14.3 Å². The molecular formula is C24H20N4O3. The van der Waals surface area contributed by atoms with E-state index in [1.807, 2.05) is 31.2 Å². The number of nitrogens with one attached hydrogen (secondary N) is 1. The van der Waals surface area contributed by atoms with Gasteiger partial charge in [-0.05, 0) is 60.0 Å². The average molecular weight is 412 g/mol. The number of pyridine rings is 2. The first-order valence-electron chi connectivity index (χ1n) is 9.57. The zero-order valence-corrected chi connectivity index (χ0v) is 17.0. The van der Waals surface area contributed by atoms with E-state index in [1.54, 1.807) is 36.7 Å². The number of hydrogen-bond acceptors (Lipinski definition) is 6. The highest BCUT2D eigenvalue weighted by atomic mass is 16.5. The van der Waals surface area contributed by atoms with Crippen molar-refractivity contribution in [2.24, 2.45) is 5.73 Å². The standard InChI is InChI=1S/C24H20N4O3/c1-14-9-17(15-5-3-6-16(10-15)24(30)31-2)11-19-21(14)27-13-20(23(25)29)22(19)28-18-7-4-8-26-12-18/h3-13H,1-2H3,(H2,25,29)(H,27,28). The predicted octanol–water partition coefficient (Wildman–Crippen LogP) is 4.23. The Bertz CT molecular complexity index is 1300. The van der Waals surface area contributed by atoms with Crippen LogP contribution in [0.5, 0.6) is 0 Å². The Balaban J connectivity index is 1.93. The summed E-state index contributed by atoms with van der Waals surface area (Å²) in [6, 6.07) is 14.7. The fourth-order valence-electron chi connectivity index (χ4n) is 3.49. The minimum Gasteiger partial charge on any atom is -0.465 e. The maximum absolute atomic E-state index is 12.1. The molecule has 0 radical (unpaired) electrons. The van der Waals surface area contributed by atoms with E-state index in [0.29, 0.717) is 16.9 Å². The zero-order valence-electron chi connectivity index (χ0n) is 17.0. The minimum absolute atomic E-state index is 0.274. The second-order valence-corrected chi connectivity index (χ2v) is 7.04. The molecule has 0 aliphatic rings. The summed E-state index contributed by atoms with van der Waals surface area (Å²) in [5.41, 5.74) is 11.0. The summed E-state index contributed by atoms with van der Waals surface area (Å²) in [5, 5.41) is 4.00. The Hall–Kier alpha value is -4.26. The normalized spacial score (nSPS) is 10.6. The van der Waals surface area contributed by atoms with Crippen LogP contribution in [0, 0.1) is 6.92 Å². The maximum Gasteiger partial charge on any atom is 0.337 e. The lowest BCUT2D eigenvalue weighted by molar-refractivity contribution is 0.0600. The Kier molecular flexibility index (Phi) is 5.32. The van der Waals surface area contributed by atoms with E-state index >= 15 is 0 Å². The first-order valence-corrected chi connectivity index (χ1v) is 9.57. The van der Waals surface area contributed by atoms with Gasteiger partial charge in [0.2, 0.25) is 0 Å². The fourth-order valence-corrected chi connectivity index (χ4v) is 3.49. The summed E-state index contributed by atoms with van der Waals surface area (Å²) < 4.78 is 4.83. The van der Waals surface area contributed by atoms with Crippen LogP contribution in [0.4, 0.5) is 11.4 Å². The van der Waals surface area contributed by atoms with Gasteiger partial charge in [0.25, 0.3) is 5.91 Å². The van der Waals surface area contributed by atoms with Crippen molar-refractivity contribution in [3.05, 3.63) is 83.8 Å². The summed E-state index contributed by atoms with van der Waals surface area (Å²) in [6.45, 7) is 1.95. The Morgan fingerprint density at radius 1 is 1.03 bits per heavy atom. The zero-order chi connectivity index (χ0) is 22.0. The third-order valence-electron chi connectivity index (χ3n) is 4.98. The molecule has 7 nitrogen and oxygen atoms in total. The highest BCUT2D eigenvalue weighted by Gasteiger charge is 2.17. The van der Waals surface area contributed by atoms with E-state index in [4.69, 9.17) is 10.5 Å². The Labute approximate surface area is 178 Å². The lowest BCUT2D eigenvalue weighted by Gasteiger charge is -2.15. The summed E-state index contributed by atoms with van der Waals surface area (Å²) in [7, 11) is 1.35. The van der Waals surface area contributed by atoms with Gasteiger partial charge in [-0.3, -0.25) is 14.8 Å². The van der Waals surface area contributed by atoms with E-state index in [0.717, 1.165) is 27.6 Å². The number of carbonyl (C=O) groups excluding carboxylic acids is 2. The molecule has 4 aromatic rings. The third-order valence-corrected chi connectivity index (χ3v) is 4.98. The van der Waals surface area contributed by atoms with Crippen LogP contribution in [0.1, 0.15) is 26.3 Å². The van der Waals surface area contributed by atoms with E-state index in [-0.39, 0.29) is 5.56 Å². The van der Waals surface area contributed by atoms with Crippen molar-refractivity contribution in [2.75, 3.05) is 12.4 Å². The van der Waals surface area contributed by atoms with Crippen LogP contribution in [0.15, 0.2) is 67.1 Å². The molecule has 31 heavy (non-hydrogen) atoms. The van der Waals surface area contributed by atoms with Crippen LogP contribution in [0.3, 0.4) is 0 Å². The van der Waals surface area contributed by atoms with Gasteiger partial charge in [-0.1, -0.05) is 12.1 Å². The van der Waals surface area contributed by atoms with E-state index in [2.05, 4.69) is 15.3 Å². The first kappa shape index (κ1) is 20.0. The number of aromatic nitrogens is 2. The molecule has 0 spiro atoms. The SMILES string of the molecule is COC(=O)c1cccc(-c2cc(C)c3ncc(C(N)=O)c(Nc4cccnc4)c3c2)c1. The number of primary amides is 1. The molecule has 7 heteroatoms. The van der Waals surface area contributed by atoms with Gasteiger partial charge < -0.3 is 15.8 Å². The molecule has 2 heterocycles. The number of methoxy groups -OCH3 is 1.